The zero-order chi connectivity index (χ0) is 15.4. The third kappa shape index (κ3) is 3.55. The lowest BCUT2D eigenvalue weighted by Crippen LogP contribution is -2.23. The van der Waals surface area contributed by atoms with Gasteiger partial charge in [0.05, 0.1) is 11.6 Å². The summed E-state index contributed by atoms with van der Waals surface area (Å²) >= 11 is 5.80. The third-order valence-corrected chi connectivity index (χ3v) is 3.54. The molecule has 2 rings (SSSR count). The van der Waals surface area contributed by atoms with Gasteiger partial charge in [-0.25, -0.2) is 14.4 Å². The van der Waals surface area contributed by atoms with E-state index in [1.54, 1.807) is 25.1 Å². The predicted molar refractivity (Wildman–Crippen MR) is 76.7 cm³/mol. The fourth-order valence-corrected chi connectivity index (χ4v) is 2.51. The van der Waals surface area contributed by atoms with Gasteiger partial charge in [-0.05, 0) is 41.8 Å². The van der Waals surface area contributed by atoms with Gasteiger partial charge in [-0.2, -0.15) is 0 Å². The van der Waals surface area contributed by atoms with Crippen molar-refractivity contribution in [1.29, 1.82) is 0 Å². The van der Waals surface area contributed by atoms with E-state index in [-0.39, 0.29) is 11.1 Å². The van der Waals surface area contributed by atoms with Crippen molar-refractivity contribution in [1.82, 2.24) is 9.97 Å². The van der Waals surface area contributed by atoms with Crippen molar-refractivity contribution in [2.45, 2.75) is 19.3 Å². The summed E-state index contributed by atoms with van der Waals surface area (Å²) in [5, 5.41) is 9.50. The van der Waals surface area contributed by atoms with Crippen LogP contribution in [-0.4, -0.2) is 21.0 Å². The first-order valence-electron chi connectivity index (χ1n) is 6.49. The third-order valence-electron chi connectivity index (χ3n) is 3.35. The Morgan fingerprint density at radius 1 is 1.33 bits per heavy atom. The topological polar surface area (TPSA) is 63.1 Å². The summed E-state index contributed by atoms with van der Waals surface area (Å²) in [7, 11) is 0. The van der Waals surface area contributed by atoms with Gasteiger partial charge in [0.15, 0.2) is 0 Å². The molecule has 0 fully saturated rings. The highest BCUT2D eigenvalue weighted by Crippen LogP contribution is 2.33. The van der Waals surface area contributed by atoms with Crippen molar-refractivity contribution in [3.8, 4) is 0 Å². The van der Waals surface area contributed by atoms with Crippen LogP contribution in [-0.2, 0) is 4.79 Å². The minimum absolute atomic E-state index is 0.0554. The molecule has 0 saturated heterocycles. The zero-order valence-corrected chi connectivity index (χ0v) is 12.1. The molecule has 0 amide bonds. The fourth-order valence-electron chi connectivity index (χ4n) is 2.35. The highest BCUT2D eigenvalue weighted by atomic mass is 35.5. The molecule has 0 aliphatic rings. The smallest absolute Gasteiger partial charge is 0.307 e. The second kappa shape index (κ2) is 6.63. The van der Waals surface area contributed by atoms with Gasteiger partial charge < -0.3 is 5.11 Å². The first-order valence-corrected chi connectivity index (χ1v) is 6.87. The Bertz CT molecular complexity index is 634. The van der Waals surface area contributed by atoms with Gasteiger partial charge in [-0.3, -0.25) is 4.79 Å². The van der Waals surface area contributed by atoms with E-state index in [9.17, 15) is 14.3 Å². The molecule has 2 unspecified atom stereocenters. The van der Waals surface area contributed by atoms with Crippen LogP contribution in [0.4, 0.5) is 4.39 Å². The normalized spacial score (nSPS) is 13.7. The molecular weight excluding hydrogens is 295 g/mol. The Hall–Kier alpha value is -2.01. The van der Waals surface area contributed by atoms with Crippen molar-refractivity contribution < 1.29 is 14.3 Å². The standard InChI is InChI=1S/C15H14ClFN2O2/c1-2-11(14(20)21)13(9-3-5-10(17)6-4-9)12-7-8-18-15(16)19-12/h3-8,11,13H,2H2,1H3,(H,20,21). The number of hydrogen-bond donors (Lipinski definition) is 1. The van der Waals surface area contributed by atoms with Crippen LogP contribution in [0.3, 0.4) is 0 Å². The molecule has 2 atom stereocenters. The lowest BCUT2D eigenvalue weighted by Gasteiger charge is -2.23. The van der Waals surface area contributed by atoms with Gasteiger partial charge in [-0.15, -0.1) is 0 Å². The molecule has 1 aromatic heterocycles. The molecule has 0 bridgehead atoms. The van der Waals surface area contributed by atoms with Gasteiger partial charge in [0.25, 0.3) is 0 Å². The van der Waals surface area contributed by atoms with E-state index in [4.69, 9.17) is 11.6 Å². The molecular formula is C15H14ClFN2O2. The summed E-state index contributed by atoms with van der Waals surface area (Å²) < 4.78 is 13.1. The number of carbonyl (C=O) groups is 1. The van der Waals surface area contributed by atoms with Crippen LogP contribution in [0.25, 0.3) is 0 Å². The van der Waals surface area contributed by atoms with Gasteiger partial charge in [0.1, 0.15) is 5.82 Å². The number of aliphatic carboxylic acids is 1. The number of halogens is 2. The van der Waals surface area contributed by atoms with E-state index in [1.165, 1.54) is 18.3 Å². The summed E-state index contributed by atoms with van der Waals surface area (Å²) in [5.41, 5.74) is 1.19. The molecule has 1 N–H and O–H groups in total. The molecule has 1 aromatic carbocycles. The molecule has 0 aliphatic heterocycles. The number of hydrogen-bond acceptors (Lipinski definition) is 3. The van der Waals surface area contributed by atoms with Gasteiger partial charge in [-0.1, -0.05) is 19.1 Å². The summed E-state index contributed by atoms with van der Waals surface area (Å²) in [5.74, 6) is -2.49. The Balaban J connectivity index is 2.53. The van der Waals surface area contributed by atoms with Crippen LogP contribution in [0.2, 0.25) is 5.28 Å². The van der Waals surface area contributed by atoms with Crippen molar-refractivity contribution in [2.24, 2.45) is 5.92 Å². The molecule has 2 aromatic rings. The van der Waals surface area contributed by atoms with Crippen LogP contribution in [0.5, 0.6) is 0 Å². The van der Waals surface area contributed by atoms with Crippen LogP contribution in [0.15, 0.2) is 36.5 Å². The molecule has 0 spiro atoms. The zero-order valence-electron chi connectivity index (χ0n) is 11.3. The highest BCUT2D eigenvalue weighted by molar-refractivity contribution is 6.28. The second-order valence-electron chi connectivity index (χ2n) is 4.63. The number of carboxylic acids is 1. The quantitative estimate of drug-likeness (QED) is 0.859. The first-order chi connectivity index (χ1) is 10.0. The number of nitrogens with zero attached hydrogens (tertiary/aromatic N) is 2. The second-order valence-corrected chi connectivity index (χ2v) is 4.97. The van der Waals surface area contributed by atoms with Gasteiger partial charge >= 0.3 is 5.97 Å². The molecule has 0 aliphatic carbocycles. The number of rotatable bonds is 5. The number of carboxylic acid groups (broad SMARTS) is 1. The summed E-state index contributed by atoms with van der Waals surface area (Å²) in [6, 6.07) is 7.38. The summed E-state index contributed by atoms with van der Waals surface area (Å²) in [4.78, 5) is 19.4. The monoisotopic (exact) mass is 308 g/mol. The lowest BCUT2D eigenvalue weighted by atomic mass is 9.82. The van der Waals surface area contributed by atoms with E-state index < -0.39 is 17.8 Å². The Morgan fingerprint density at radius 3 is 2.52 bits per heavy atom. The summed E-state index contributed by atoms with van der Waals surface area (Å²) in [6.07, 6.45) is 1.90. The number of aromatic nitrogens is 2. The molecule has 0 radical (unpaired) electrons. The minimum atomic E-state index is -0.929. The van der Waals surface area contributed by atoms with E-state index in [1.807, 2.05) is 0 Å². The minimum Gasteiger partial charge on any atom is -0.481 e. The van der Waals surface area contributed by atoms with Gasteiger partial charge in [0.2, 0.25) is 5.28 Å². The first kappa shape index (κ1) is 15.4. The average molecular weight is 309 g/mol. The van der Waals surface area contributed by atoms with Crippen molar-refractivity contribution in [3.63, 3.8) is 0 Å². The Morgan fingerprint density at radius 2 is 2.00 bits per heavy atom. The maximum absolute atomic E-state index is 13.1. The largest absolute Gasteiger partial charge is 0.481 e. The molecule has 1 heterocycles. The Kier molecular flexibility index (Phi) is 4.85. The molecule has 0 saturated carbocycles. The maximum atomic E-state index is 13.1. The van der Waals surface area contributed by atoms with Crippen LogP contribution < -0.4 is 0 Å². The fraction of sp³-hybridized carbons (Fsp3) is 0.267. The van der Waals surface area contributed by atoms with Crippen molar-refractivity contribution in [3.05, 3.63) is 58.9 Å². The number of benzene rings is 1. The molecule has 6 heteroatoms. The molecule has 21 heavy (non-hydrogen) atoms. The van der Waals surface area contributed by atoms with Crippen molar-refractivity contribution in [2.75, 3.05) is 0 Å². The van der Waals surface area contributed by atoms with E-state index in [2.05, 4.69) is 9.97 Å². The molecule has 4 nitrogen and oxygen atoms in total. The summed E-state index contributed by atoms with van der Waals surface area (Å²) in [6.45, 7) is 1.79. The van der Waals surface area contributed by atoms with E-state index >= 15 is 0 Å². The van der Waals surface area contributed by atoms with Gasteiger partial charge in [0, 0.05) is 12.1 Å². The van der Waals surface area contributed by atoms with Crippen LogP contribution in [0, 0.1) is 11.7 Å². The predicted octanol–water partition coefficient (Wildman–Crippen LogP) is 3.51. The van der Waals surface area contributed by atoms with Crippen LogP contribution >= 0.6 is 11.6 Å². The van der Waals surface area contributed by atoms with Crippen LogP contribution in [0.1, 0.15) is 30.5 Å². The lowest BCUT2D eigenvalue weighted by molar-refractivity contribution is -0.142. The highest BCUT2D eigenvalue weighted by Gasteiger charge is 2.30. The molecule has 110 valence electrons. The Labute approximate surface area is 126 Å². The SMILES string of the molecule is CCC(C(=O)O)C(c1ccc(F)cc1)c1ccnc(Cl)n1. The van der Waals surface area contributed by atoms with E-state index in [0.717, 1.165) is 0 Å². The van der Waals surface area contributed by atoms with E-state index in [0.29, 0.717) is 17.7 Å². The maximum Gasteiger partial charge on any atom is 0.307 e. The van der Waals surface area contributed by atoms with Crippen molar-refractivity contribution >= 4 is 17.6 Å². The average Bonchev–Trinajstić information content (AvgIpc) is 2.45.